The molecule has 0 amide bonds. The fourth-order valence-electron chi connectivity index (χ4n) is 3.31. The quantitative estimate of drug-likeness (QED) is 0.627. The zero-order chi connectivity index (χ0) is 14.5. The first-order valence-electron chi connectivity index (χ1n) is 7.82. The molecule has 3 N–H and O–H groups in total. The fourth-order valence-corrected chi connectivity index (χ4v) is 3.68. The van der Waals surface area contributed by atoms with Crippen molar-refractivity contribution in [3.63, 3.8) is 0 Å². The summed E-state index contributed by atoms with van der Waals surface area (Å²) in [6.07, 6.45) is 9.69. The van der Waals surface area contributed by atoms with Crippen molar-refractivity contribution in [3.8, 4) is 0 Å². The van der Waals surface area contributed by atoms with Crippen LogP contribution in [-0.4, -0.2) is 15.8 Å². The molecule has 1 aromatic rings. The molecule has 4 nitrogen and oxygen atoms in total. The lowest BCUT2D eigenvalue weighted by atomic mass is 9.84. The van der Waals surface area contributed by atoms with Crippen LogP contribution in [0.2, 0.25) is 5.02 Å². The molecule has 1 fully saturated rings. The third-order valence-electron chi connectivity index (χ3n) is 4.52. The van der Waals surface area contributed by atoms with Gasteiger partial charge in [0.05, 0.1) is 16.4 Å². The summed E-state index contributed by atoms with van der Waals surface area (Å²) in [4.78, 5) is 0. The smallest absolute Gasteiger partial charge is 0.0850 e. The summed E-state index contributed by atoms with van der Waals surface area (Å²) in [6.45, 7) is 2.08. The number of aryl methyl sites for hydroxylation is 2. The van der Waals surface area contributed by atoms with Crippen LogP contribution in [0.1, 0.15) is 56.8 Å². The summed E-state index contributed by atoms with van der Waals surface area (Å²) in [7, 11) is 1.97. The van der Waals surface area contributed by atoms with Crippen LogP contribution < -0.4 is 11.3 Å². The van der Waals surface area contributed by atoms with Gasteiger partial charge in [-0.3, -0.25) is 16.0 Å². The Morgan fingerprint density at radius 3 is 2.65 bits per heavy atom. The van der Waals surface area contributed by atoms with Gasteiger partial charge in [-0.05, 0) is 18.8 Å². The normalized spacial score (nSPS) is 18.4. The van der Waals surface area contributed by atoms with Crippen molar-refractivity contribution in [2.24, 2.45) is 18.8 Å². The van der Waals surface area contributed by atoms with E-state index in [-0.39, 0.29) is 6.04 Å². The summed E-state index contributed by atoms with van der Waals surface area (Å²) in [5, 5.41) is 5.30. The number of aromatic nitrogens is 2. The van der Waals surface area contributed by atoms with Crippen LogP contribution in [0.4, 0.5) is 0 Å². The standard InChI is InChI=1S/C15H27ClN4/c1-3-13-15(16)14(20(2)19-13)10-12(18-17)9-11-7-5-4-6-8-11/h11-12,18H,3-10,17H2,1-2H3. The van der Waals surface area contributed by atoms with Crippen molar-refractivity contribution in [3.05, 3.63) is 16.4 Å². The molecule has 20 heavy (non-hydrogen) atoms. The Morgan fingerprint density at radius 2 is 2.10 bits per heavy atom. The van der Waals surface area contributed by atoms with Crippen LogP contribution in [-0.2, 0) is 19.9 Å². The van der Waals surface area contributed by atoms with Crippen LogP contribution in [0, 0.1) is 5.92 Å². The summed E-state index contributed by atoms with van der Waals surface area (Å²) in [6, 6.07) is 0.288. The van der Waals surface area contributed by atoms with E-state index in [4.69, 9.17) is 17.4 Å². The average molecular weight is 299 g/mol. The summed E-state index contributed by atoms with van der Waals surface area (Å²) in [5.74, 6) is 6.56. The van der Waals surface area contributed by atoms with E-state index < -0.39 is 0 Å². The van der Waals surface area contributed by atoms with Crippen LogP contribution in [0.5, 0.6) is 0 Å². The Balaban J connectivity index is 2.00. The predicted molar refractivity (Wildman–Crippen MR) is 83.6 cm³/mol. The maximum Gasteiger partial charge on any atom is 0.0850 e. The van der Waals surface area contributed by atoms with Crippen molar-refractivity contribution in [1.29, 1.82) is 0 Å². The highest BCUT2D eigenvalue weighted by molar-refractivity contribution is 6.31. The molecule has 0 aliphatic heterocycles. The molecule has 1 aromatic heterocycles. The van der Waals surface area contributed by atoms with E-state index in [1.165, 1.54) is 32.1 Å². The van der Waals surface area contributed by atoms with E-state index in [1.54, 1.807) is 0 Å². The molecule has 1 saturated carbocycles. The molecule has 0 aromatic carbocycles. The first-order chi connectivity index (χ1) is 9.65. The van der Waals surface area contributed by atoms with Crippen molar-refractivity contribution in [2.45, 2.75) is 64.3 Å². The van der Waals surface area contributed by atoms with Crippen molar-refractivity contribution < 1.29 is 0 Å². The number of halogens is 1. The Hall–Kier alpha value is -0.580. The van der Waals surface area contributed by atoms with E-state index in [9.17, 15) is 0 Å². The Bertz CT molecular complexity index is 424. The van der Waals surface area contributed by atoms with Gasteiger partial charge in [-0.2, -0.15) is 5.10 Å². The SMILES string of the molecule is CCc1nn(C)c(CC(CC2CCCCC2)NN)c1Cl. The van der Waals surface area contributed by atoms with Gasteiger partial charge >= 0.3 is 0 Å². The zero-order valence-electron chi connectivity index (χ0n) is 12.7. The van der Waals surface area contributed by atoms with Gasteiger partial charge in [-0.25, -0.2) is 0 Å². The van der Waals surface area contributed by atoms with E-state index >= 15 is 0 Å². The Labute approximate surface area is 127 Å². The van der Waals surface area contributed by atoms with Crippen molar-refractivity contribution in [1.82, 2.24) is 15.2 Å². The van der Waals surface area contributed by atoms with Crippen molar-refractivity contribution >= 4 is 11.6 Å². The first kappa shape index (κ1) is 15.8. The second-order valence-corrected chi connectivity index (χ2v) is 6.37. The highest BCUT2D eigenvalue weighted by Gasteiger charge is 2.21. The lowest BCUT2D eigenvalue weighted by Gasteiger charge is -2.26. The third-order valence-corrected chi connectivity index (χ3v) is 4.96. The molecule has 0 bridgehead atoms. The van der Waals surface area contributed by atoms with Crippen LogP contribution in [0.25, 0.3) is 0 Å². The Kier molecular flexibility index (Phi) is 5.87. The molecule has 5 heteroatoms. The number of hydrogen-bond donors (Lipinski definition) is 2. The number of hydrazine groups is 1. The number of nitrogens with zero attached hydrogens (tertiary/aromatic N) is 2. The maximum atomic E-state index is 6.42. The number of nitrogens with one attached hydrogen (secondary N) is 1. The molecular formula is C15H27ClN4. The van der Waals surface area contributed by atoms with Crippen LogP contribution in [0.3, 0.4) is 0 Å². The zero-order valence-corrected chi connectivity index (χ0v) is 13.4. The van der Waals surface area contributed by atoms with Gasteiger partial charge in [0.25, 0.3) is 0 Å². The number of rotatable bonds is 6. The van der Waals surface area contributed by atoms with Gasteiger partial charge in [0.1, 0.15) is 0 Å². The molecule has 114 valence electrons. The third kappa shape index (κ3) is 3.74. The Morgan fingerprint density at radius 1 is 1.40 bits per heavy atom. The fraction of sp³-hybridized carbons (Fsp3) is 0.800. The molecule has 1 unspecified atom stereocenters. The summed E-state index contributed by atoms with van der Waals surface area (Å²) in [5.41, 5.74) is 5.06. The van der Waals surface area contributed by atoms with Gasteiger partial charge in [-0.15, -0.1) is 0 Å². The van der Waals surface area contributed by atoms with Crippen LogP contribution in [0.15, 0.2) is 0 Å². The number of nitrogens with two attached hydrogens (primary N) is 1. The largest absolute Gasteiger partial charge is 0.271 e. The molecule has 1 aliphatic rings. The monoisotopic (exact) mass is 298 g/mol. The van der Waals surface area contributed by atoms with Gasteiger partial charge < -0.3 is 0 Å². The molecule has 2 rings (SSSR count). The summed E-state index contributed by atoms with van der Waals surface area (Å²) < 4.78 is 1.91. The second-order valence-electron chi connectivity index (χ2n) is 5.99. The lowest BCUT2D eigenvalue weighted by molar-refractivity contribution is 0.296. The van der Waals surface area contributed by atoms with Crippen LogP contribution >= 0.6 is 11.6 Å². The van der Waals surface area contributed by atoms with Gasteiger partial charge in [0, 0.05) is 19.5 Å². The van der Waals surface area contributed by atoms with Gasteiger partial charge in [0.15, 0.2) is 0 Å². The molecule has 1 atom stereocenters. The molecular weight excluding hydrogens is 272 g/mol. The van der Waals surface area contributed by atoms with E-state index in [2.05, 4.69) is 17.4 Å². The topological polar surface area (TPSA) is 55.9 Å². The maximum absolute atomic E-state index is 6.42. The highest BCUT2D eigenvalue weighted by Crippen LogP contribution is 2.29. The van der Waals surface area contributed by atoms with E-state index in [0.717, 1.165) is 41.6 Å². The lowest BCUT2D eigenvalue weighted by Crippen LogP contribution is -2.39. The first-order valence-corrected chi connectivity index (χ1v) is 8.19. The van der Waals surface area contributed by atoms with E-state index in [1.807, 2.05) is 11.7 Å². The highest BCUT2D eigenvalue weighted by atomic mass is 35.5. The van der Waals surface area contributed by atoms with Crippen molar-refractivity contribution in [2.75, 3.05) is 0 Å². The molecule has 1 aliphatic carbocycles. The predicted octanol–water partition coefficient (Wildman–Crippen LogP) is 2.98. The minimum Gasteiger partial charge on any atom is -0.271 e. The molecule has 0 saturated heterocycles. The summed E-state index contributed by atoms with van der Waals surface area (Å²) >= 11 is 6.42. The molecule has 0 radical (unpaired) electrons. The van der Waals surface area contributed by atoms with E-state index in [0.29, 0.717) is 0 Å². The molecule has 0 spiro atoms. The minimum absolute atomic E-state index is 0.288. The number of hydrogen-bond acceptors (Lipinski definition) is 3. The molecule has 1 heterocycles. The average Bonchev–Trinajstić information content (AvgIpc) is 2.74. The second kappa shape index (κ2) is 7.43. The minimum atomic E-state index is 0.288. The van der Waals surface area contributed by atoms with Gasteiger partial charge in [-0.1, -0.05) is 50.6 Å². The van der Waals surface area contributed by atoms with Gasteiger partial charge in [0.2, 0.25) is 0 Å².